The summed E-state index contributed by atoms with van der Waals surface area (Å²) < 4.78 is 2.42. The second-order valence-electron chi connectivity index (χ2n) is 4.65. The van der Waals surface area contributed by atoms with Crippen molar-refractivity contribution in [3.63, 3.8) is 0 Å². The van der Waals surface area contributed by atoms with E-state index in [0.29, 0.717) is 6.04 Å². The summed E-state index contributed by atoms with van der Waals surface area (Å²) in [6.07, 6.45) is 2.11. The number of nitrogens with one attached hydrogen (secondary N) is 1. The number of hydrogen-bond acceptors (Lipinski definition) is 1. The topological polar surface area (TPSA) is 12.0 Å². The monoisotopic (exact) mass is 429 g/mol. The molecule has 0 aliphatic heterocycles. The van der Waals surface area contributed by atoms with Crippen molar-refractivity contribution < 1.29 is 0 Å². The quantitative estimate of drug-likeness (QED) is 0.693. The third-order valence-electron chi connectivity index (χ3n) is 3.20. The molecule has 0 aliphatic rings. The molecule has 1 unspecified atom stereocenters. The van der Waals surface area contributed by atoms with Crippen molar-refractivity contribution in [2.75, 3.05) is 7.05 Å². The van der Waals surface area contributed by atoms with Crippen molar-refractivity contribution in [3.05, 3.63) is 67.7 Å². The third-order valence-corrected chi connectivity index (χ3v) is 4.45. The smallest absolute Gasteiger partial charge is 0.0175 e. The molecule has 0 aromatic heterocycles. The molecule has 0 aliphatic carbocycles. The number of halogens is 2. The third kappa shape index (κ3) is 4.89. The number of likely N-dealkylation sites (N-methyl/N-ethyl adjacent to an activating group) is 1. The molecule has 3 heteroatoms. The fourth-order valence-corrected chi connectivity index (χ4v) is 2.71. The average molecular weight is 430 g/mol. The molecule has 0 bridgehead atoms. The molecule has 0 heterocycles. The SMILES string of the molecule is CNC(Cc1ccc(Br)cc1)Cc1ccc(I)cc1. The standard InChI is InChI=1S/C16H17BrIN/c1-19-16(10-12-2-6-14(17)7-3-12)11-13-4-8-15(18)9-5-13/h2-9,16,19H,10-11H2,1H3. The van der Waals surface area contributed by atoms with Gasteiger partial charge in [0.15, 0.2) is 0 Å². The van der Waals surface area contributed by atoms with Gasteiger partial charge in [-0.2, -0.15) is 0 Å². The molecule has 100 valence electrons. The van der Waals surface area contributed by atoms with E-state index in [2.05, 4.69) is 92.4 Å². The molecule has 2 aromatic carbocycles. The maximum Gasteiger partial charge on any atom is 0.0175 e. The zero-order valence-corrected chi connectivity index (χ0v) is 14.6. The Labute approximate surface area is 137 Å². The van der Waals surface area contributed by atoms with E-state index in [1.165, 1.54) is 14.7 Å². The summed E-state index contributed by atoms with van der Waals surface area (Å²) in [6, 6.07) is 17.8. The van der Waals surface area contributed by atoms with E-state index in [-0.39, 0.29) is 0 Å². The van der Waals surface area contributed by atoms with Crippen LogP contribution in [0.1, 0.15) is 11.1 Å². The van der Waals surface area contributed by atoms with Crippen LogP contribution in [0, 0.1) is 3.57 Å². The molecule has 19 heavy (non-hydrogen) atoms. The van der Waals surface area contributed by atoms with Crippen molar-refractivity contribution >= 4 is 38.5 Å². The number of hydrogen-bond donors (Lipinski definition) is 1. The zero-order valence-electron chi connectivity index (χ0n) is 10.9. The van der Waals surface area contributed by atoms with Crippen LogP contribution in [0.2, 0.25) is 0 Å². The first kappa shape index (κ1) is 15.0. The summed E-state index contributed by atoms with van der Waals surface area (Å²) in [5.41, 5.74) is 2.75. The van der Waals surface area contributed by atoms with Crippen LogP contribution >= 0.6 is 38.5 Å². The molecule has 1 nitrogen and oxygen atoms in total. The lowest BCUT2D eigenvalue weighted by molar-refractivity contribution is 0.556. The second kappa shape index (κ2) is 7.41. The van der Waals surface area contributed by atoms with E-state index in [4.69, 9.17) is 0 Å². The molecule has 0 saturated carbocycles. The molecule has 0 radical (unpaired) electrons. The molecule has 2 aromatic rings. The predicted octanol–water partition coefficient (Wildman–Crippen LogP) is 4.43. The minimum absolute atomic E-state index is 0.473. The Morgan fingerprint density at radius 3 is 1.89 bits per heavy atom. The predicted molar refractivity (Wildman–Crippen MR) is 93.6 cm³/mol. The van der Waals surface area contributed by atoms with Crippen LogP contribution in [0.3, 0.4) is 0 Å². The van der Waals surface area contributed by atoms with E-state index in [1.54, 1.807) is 0 Å². The van der Waals surface area contributed by atoms with Gasteiger partial charge in [0, 0.05) is 14.1 Å². The van der Waals surface area contributed by atoms with E-state index >= 15 is 0 Å². The molecule has 0 fully saturated rings. The van der Waals surface area contributed by atoms with Crippen LogP contribution in [0.15, 0.2) is 53.0 Å². The Hall–Kier alpha value is -0.390. The van der Waals surface area contributed by atoms with Crippen molar-refractivity contribution in [2.24, 2.45) is 0 Å². The normalized spacial score (nSPS) is 12.4. The van der Waals surface area contributed by atoms with Gasteiger partial charge in [-0.25, -0.2) is 0 Å². The minimum atomic E-state index is 0.473. The van der Waals surface area contributed by atoms with Crippen LogP contribution in [-0.2, 0) is 12.8 Å². The Morgan fingerprint density at radius 1 is 0.947 bits per heavy atom. The fraction of sp³-hybridized carbons (Fsp3) is 0.250. The lowest BCUT2D eigenvalue weighted by Crippen LogP contribution is -2.29. The van der Waals surface area contributed by atoms with Crippen LogP contribution in [0.5, 0.6) is 0 Å². The van der Waals surface area contributed by atoms with Gasteiger partial charge in [-0.05, 0) is 77.9 Å². The summed E-state index contributed by atoms with van der Waals surface area (Å²) in [5, 5.41) is 3.41. The largest absolute Gasteiger partial charge is 0.316 e. The Kier molecular flexibility index (Phi) is 5.85. The van der Waals surface area contributed by atoms with Gasteiger partial charge in [-0.3, -0.25) is 0 Å². The summed E-state index contributed by atoms with van der Waals surface area (Å²) in [7, 11) is 2.04. The first-order valence-corrected chi connectivity index (χ1v) is 8.20. The van der Waals surface area contributed by atoms with Gasteiger partial charge in [-0.15, -0.1) is 0 Å². The molecular formula is C16H17BrIN. The maximum atomic E-state index is 3.47. The molecule has 0 saturated heterocycles. The van der Waals surface area contributed by atoms with Gasteiger partial charge in [0.25, 0.3) is 0 Å². The summed E-state index contributed by atoms with van der Waals surface area (Å²) in [4.78, 5) is 0. The van der Waals surface area contributed by atoms with Crippen molar-refractivity contribution in [1.82, 2.24) is 5.32 Å². The van der Waals surface area contributed by atoms with E-state index < -0.39 is 0 Å². The summed E-state index contributed by atoms with van der Waals surface area (Å²) >= 11 is 5.81. The average Bonchev–Trinajstić information content (AvgIpc) is 2.43. The van der Waals surface area contributed by atoms with Crippen LogP contribution in [0.25, 0.3) is 0 Å². The first-order valence-electron chi connectivity index (χ1n) is 6.33. The van der Waals surface area contributed by atoms with Gasteiger partial charge in [0.1, 0.15) is 0 Å². The van der Waals surface area contributed by atoms with Crippen LogP contribution in [-0.4, -0.2) is 13.1 Å². The lowest BCUT2D eigenvalue weighted by atomic mass is 9.99. The minimum Gasteiger partial charge on any atom is -0.316 e. The van der Waals surface area contributed by atoms with Gasteiger partial charge >= 0.3 is 0 Å². The fourth-order valence-electron chi connectivity index (χ4n) is 2.09. The van der Waals surface area contributed by atoms with Crippen molar-refractivity contribution in [1.29, 1.82) is 0 Å². The van der Waals surface area contributed by atoms with Crippen molar-refractivity contribution in [2.45, 2.75) is 18.9 Å². The second-order valence-corrected chi connectivity index (χ2v) is 6.81. The lowest BCUT2D eigenvalue weighted by Gasteiger charge is -2.16. The number of benzene rings is 2. The van der Waals surface area contributed by atoms with Gasteiger partial charge in [-0.1, -0.05) is 40.2 Å². The van der Waals surface area contributed by atoms with Gasteiger partial charge in [0.05, 0.1) is 0 Å². The molecule has 1 atom stereocenters. The van der Waals surface area contributed by atoms with Crippen molar-refractivity contribution in [3.8, 4) is 0 Å². The Bertz CT molecular complexity index is 460. The number of rotatable bonds is 5. The summed E-state index contributed by atoms with van der Waals surface area (Å²) in [6.45, 7) is 0. The van der Waals surface area contributed by atoms with Gasteiger partial charge < -0.3 is 5.32 Å². The Balaban J connectivity index is 2.00. The Morgan fingerprint density at radius 2 is 1.42 bits per heavy atom. The highest BCUT2D eigenvalue weighted by molar-refractivity contribution is 14.1. The summed E-state index contributed by atoms with van der Waals surface area (Å²) in [5.74, 6) is 0. The molecule has 0 amide bonds. The first-order chi connectivity index (χ1) is 9.17. The highest BCUT2D eigenvalue weighted by atomic mass is 127. The zero-order chi connectivity index (χ0) is 13.7. The van der Waals surface area contributed by atoms with Crippen LogP contribution < -0.4 is 5.32 Å². The highest BCUT2D eigenvalue weighted by Gasteiger charge is 2.08. The molecule has 0 spiro atoms. The van der Waals surface area contributed by atoms with E-state index in [9.17, 15) is 0 Å². The molecule has 1 N–H and O–H groups in total. The highest BCUT2D eigenvalue weighted by Crippen LogP contribution is 2.14. The van der Waals surface area contributed by atoms with Crippen LogP contribution in [0.4, 0.5) is 0 Å². The van der Waals surface area contributed by atoms with E-state index in [1.807, 2.05) is 7.05 Å². The molecule has 2 rings (SSSR count). The molecular weight excluding hydrogens is 413 g/mol. The maximum absolute atomic E-state index is 3.47. The van der Waals surface area contributed by atoms with Gasteiger partial charge in [0.2, 0.25) is 0 Å². The van der Waals surface area contributed by atoms with E-state index in [0.717, 1.165) is 17.3 Å².